The number of pyridine rings is 1. The van der Waals surface area contributed by atoms with Crippen LogP contribution in [0, 0.1) is 0 Å². The Bertz CT molecular complexity index is 1710. The summed E-state index contributed by atoms with van der Waals surface area (Å²) in [7, 11) is -3.71. The molecule has 0 bridgehead atoms. The van der Waals surface area contributed by atoms with E-state index in [9.17, 15) is 13.0 Å². The van der Waals surface area contributed by atoms with E-state index in [-0.39, 0.29) is 9.79 Å². The zero-order valence-corrected chi connectivity index (χ0v) is 34.5. The van der Waals surface area contributed by atoms with E-state index in [0.29, 0.717) is 30.1 Å². The number of sulfone groups is 1. The van der Waals surface area contributed by atoms with E-state index in [1.54, 1.807) is 30.5 Å². The van der Waals surface area contributed by atoms with Crippen LogP contribution in [-0.2, 0) is 9.84 Å². The van der Waals surface area contributed by atoms with Gasteiger partial charge in [0.05, 0.1) is 22.7 Å². The predicted octanol–water partition coefficient (Wildman–Crippen LogP) is 8.16. The Morgan fingerprint density at radius 3 is 1.92 bits per heavy atom. The van der Waals surface area contributed by atoms with E-state index in [4.69, 9.17) is 4.74 Å². The highest BCUT2D eigenvalue weighted by molar-refractivity contribution is 8.28. The standard InChI is InChI=1S/C42H65N5O4S2/c1-5-6-7-8-9-10-11-12-31-51-36-13-15-37(16-14-36)53(49,50)41-33-43-40-18-17-38(52(3,4)48)32-39(40)42(41)47-25-21-34(22-26-47)45-23-19-35(20-24-45)46-29-27-44(2)28-30-46/h13-18,32-35,48H,5-12,19-31H2,1-4H3. The highest BCUT2D eigenvalue weighted by Crippen LogP contribution is 2.47. The summed E-state index contributed by atoms with van der Waals surface area (Å²) in [6.07, 6.45) is 19.6. The van der Waals surface area contributed by atoms with Crippen molar-refractivity contribution in [2.45, 2.75) is 111 Å². The number of rotatable bonds is 16. The molecule has 1 aromatic heterocycles. The number of piperidine rings is 2. The topological polar surface area (TPSA) is 89.4 Å². The van der Waals surface area contributed by atoms with Crippen molar-refractivity contribution < 1.29 is 17.7 Å². The summed E-state index contributed by atoms with van der Waals surface area (Å²) in [6.45, 7) is 11.4. The Kier molecular flexibility index (Phi) is 14.0. The van der Waals surface area contributed by atoms with Gasteiger partial charge in [-0.1, -0.05) is 51.9 Å². The lowest BCUT2D eigenvalue weighted by Crippen LogP contribution is -2.54. The normalized spacial score (nSPS) is 19.6. The van der Waals surface area contributed by atoms with Crippen molar-refractivity contribution in [3.8, 4) is 5.75 Å². The fourth-order valence-electron chi connectivity index (χ4n) is 8.50. The van der Waals surface area contributed by atoms with E-state index in [2.05, 4.69) is 38.6 Å². The van der Waals surface area contributed by atoms with Crippen LogP contribution >= 0.6 is 10.3 Å². The van der Waals surface area contributed by atoms with Crippen LogP contribution in [0.1, 0.15) is 84.0 Å². The minimum absolute atomic E-state index is 0.229. The number of likely N-dealkylation sites (N-methyl/N-ethyl adjacent to an activating group) is 1. The van der Waals surface area contributed by atoms with Crippen LogP contribution in [0.3, 0.4) is 0 Å². The zero-order valence-electron chi connectivity index (χ0n) is 32.8. The molecule has 0 amide bonds. The summed E-state index contributed by atoms with van der Waals surface area (Å²) >= 11 is 0. The molecule has 3 fully saturated rings. The minimum Gasteiger partial charge on any atom is -0.494 e. The number of hydrogen-bond acceptors (Lipinski definition) is 9. The van der Waals surface area contributed by atoms with Gasteiger partial charge < -0.3 is 24.0 Å². The second-order valence-electron chi connectivity index (χ2n) is 16.0. The van der Waals surface area contributed by atoms with Gasteiger partial charge in [-0.2, -0.15) is 0 Å². The second-order valence-corrected chi connectivity index (χ2v) is 21.0. The van der Waals surface area contributed by atoms with Gasteiger partial charge in [-0.3, -0.25) is 9.88 Å². The first-order chi connectivity index (χ1) is 25.5. The maximum atomic E-state index is 14.5. The van der Waals surface area contributed by atoms with Crippen LogP contribution in [0.2, 0.25) is 0 Å². The van der Waals surface area contributed by atoms with Gasteiger partial charge in [-0.05, 0) is 107 Å². The first-order valence-electron chi connectivity index (χ1n) is 20.3. The van der Waals surface area contributed by atoms with Crippen molar-refractivity contribution in [2.24, 2.45) is 0 Å². The Balaban J connectivity index is 1.14. The lowest BCUT2D eigenvalue weighted by molar-refractivity contribution is 0.0495. The molecule has 53 heavy (non-hydrogen) atoms. The highest BCUT2D eigenvalue weighted by Gasteiger charge is 2.34. The van der Waals surface area contributed by atoms with Gasteiger partial charge >= 0.3 is 0 Å². The van der Waals surface area contributed by atoms with E-state index in [1.165, 1.54) is 64.5 Å². The average molecular weight is 768 g/mol. The molecular formula is C42H65N5O4S2. The molecule has 6 rings (SSSR count). The van der Waals surface area contributed by atoms with Crippen LogP contribution < -0.4 is 9.64 Å². The summed E-state index contributed by atoms with van der Waals surface area (Å²) in [5.41, 5.74) is 1.45. The second kappa shape index (κ2) is 18.5. The van der Waals surface area contributed by atoms with Gasteiger partial charge in [-0.25, -0.2) is 8.42 Å². The maximum Gasteiger partial charge on any atom is 0.210 e. The fraction of sp³-hybridized carbons (Fsp3) is 0.643. The number of likely N-dealkylation sites (tertiary alicyclic amines) is 1. The molecule has 3 saturated heterocycles. The van der Waals surface area contributed by atoms with Crippen molar-refractivity contribution >= 4 is 36.7 Å². The molecule has 0 unspecified atom stereocenters. The number of unbranched alkanes of at least 4 members (excludes halogenated alkanes) is 7. The Morgan fingerprint density at radius 2 is 1.30 bits per heavy atom. The van der Waals surface area contributed by atoms with Crippen molar-refractivity contribution in [3.05, 3.63) is 48.7 Å². The Labute approximate surface area is 321 Å². The molecule has 3 aliphatic heterocycles. The van der Waals surface area contributed by atoms with Gasteiger partial charge in [0.2, 0.25) is 9.84 Å². The quantitative estimate of drug-likeness (QED) is 0.145. The monoisotopic (exact) mass is 767 g/mol. The molecule has 11 heteroatoms. The van der Waals surface area contributed by atoms with Crippen molar-refractivity contribution in [2.75, 3.05) is 83.4 Å². The number of nitrogens with zero attached hydrogens (tertiary/aromatic N) is 5. The lowest BCUT2D eigenvalue weighted by Gasteiger charge is -2.46. The third-order valence-corrected chi connectivity index (χ3v) is 15.1. The molecule has 3 aliphatic rings. The van der Waals surface area contributed by atoms with Crippen molar-refractivity contribution in [1.82, 2.24) is 19.7 Å². The van der Waals surface area contributed by atoms with E-state index >= 15 is 0 Å². The molecule has 0 saturated carbocycles. The minimum atomic E-state index is -3.91. The largest absolute Gasteiger partial charge is 0.494 e. The first kappa shape index (κ1) is 40.3. The predicted molar refractivity (Wildman–Crippen MR) is 221 cm³/mol. The number of anilines is 1. The number of benzene rings is 2. The highest BCUT2D eigenvalue weighted by atomic mass is 32.3. The molecular weight excluding hydrogens is 703 g/mol. The van der Waals surface area contributed by atoms with Crippen molar-refractivity contribution in [3.63, 3.8) is 0 Å². The van der Waals surface area contributed by atoms with E-state index in [1.807, 2.05) is 30.7 Å². The number of fused-ring (bicyclic) bond motifs is 1. The summed E-state index contributed by atoms with van der Waals surface area (Å²) in [6, 6.07) is 13.9. The molecule has 0 atom stereocenters. The molecule has 0 radical (unpaired) electrons. The molecule has 4 heterocycles. The molecule has 0 spiro atoms. The van der Waals surface area contributed by atoms with Gasteiger partial charge in [-0.15, -0.1) is 10.3 Å². The molecule has 1 N–H and O–H groups in total. The molecule has 0 aliphatic carbocycles. The Hall–Kier alpha value is -2.41. The maximum absolute atomic E-state index is 14.5. The van der Waals surface area contributed by atoms with E-state index in [0.717, 1.165) is 80.8 Å². The SMILES string of the molecule is CCCCCCCCCCOc1ccc(S(=O)(=O)c2cnc3ccc(S(C)(C)O)cc3c2N2CCC(N3CCC(N4CCN(C)CC4)CC3)CC2)cc1. The van der Waals surface area contributed by atoms with Gasteiger partial charge in [0.25, 0.3) is 0 Å². The molecule has 2 aromatic carbocycles. The molecule has 294 valence electrons. The number of hydrogen-bond donors (Lipinski definition) is 1. The number of ether oxygens (including phenoxy) is 1. The summed E-state index contributed by atoms with van der Waals surface area (Å²) in [4.78, 5) is 16.1. The number of piperazine rings is 1. The zero-order chi connectivity index (χ0) is 37.4. The Morgan fingerprint density at radius 1 is 0.736 bits per heavy atom. The van der Waals surface area contributed by atoms with Crippen LogP contribution in [0.5, 0.6) is 5.75 Å². The number of aromatic nitrogens is 1. The van der Waals surface area contributed by atoms with Crippen LogP contribution in [0.4, 0.5) is 5.69 Å². The molecule has 9 nitrogen and oxygen atoms in total. The van der Waals surface area contributed by atoms with Crippen molar-refractivity contribution in [1.29, 1.82) is 0 Å². The average Bonchev–Trinajstić information content (AvgIpc) is 3.17. The third-order valence-electron chi connectivity index (χ3n) is 11.9. The summed E-state index contributed by atoms with van der Waals surface area (Å²) < 4.78 is 46.0. The fourth-order valence-corrected chi connectivity index (χ4v) is 10.7. The van der Waals surface area contributed by atoms with Crippen LogP contribution in [-0.4, -0.2) is 123 Å². The van der Waals surface area contributed by atoms with Gasteiger partial charge in [0, 0.05) is 67.8 Å². The molecule has 3 aromatic rings. The lowest BCUT2D eigenvalue weighted by atomic mass is 9.96. The van der Waals surface area contributed by atoms with Crippen LogP contribution in [0.15, 0.2) is 63.3 Å². The first-order valence-corrected chi connectivity index (χ1v) is 24.2. The van der Waals surface area contributed by atoms with Gasteiger partial charge in [0.15, 0.2) is 0 Å². The third kappa shape index (κ3) is 10.3. The smallest absolute Gasteiger partial charge is 0.210 e. The summed E-state index contributed by atoms with van der Waals surface area (Å²) in [5.74, 6) is 0.691. The van der Waals surface area contributed by atoms with Crippen LogP contribution in [0.25, 0.3) is 10.9 Å². The summed E-state index contributed by atoms with van der Waals surface area (Å²) in [5, 5.41) is 0.787. The van der Waals surface area contributed by atoms with E-state index < -0.39 is 20.1 Å². The van der Waals surface area contributed by atoms with Gasteiger partial charge in [0.1, 0.15) is 10.6 Å².